The van der Waals surface area contributed by atoms with Crippen molar-refractivity contribution in [3.8, 4) is 28.7 Å². The van der Waals surface area contributed by atoms with E-state index in [9.17, 15) is 5.26 Å². The first-order valence-electron chi connectivity index (χ1n) is 11.2. The summed E-state index contributed by atoms with van der Waals surface area (Å²) in [5.74, 6) is 0.439. The Hall–Kier alpha value is -3.82. The Balaban J connectivity index is 1.82. The van der Waals surface area contributed by atoms with E-state index in [2.05, 4.69) is 42.1 Å². The number of benzene rings is 3. The van der Waals surface area contributed by atoms with Crippen LogP contribution >= 0.6 is 0 Å². The van der Waals surface area contributed by atoms with Gasteiger partial charge in [0.25, 0.3) is 0 Å². The van der Waals surface area contributed by atoms with E-state index in [1.807, 2.05) is 49.4 Å². The highest BCUT2D eigenvalue weighted by atomic mass is 16.3. The van der Waals surface area contributed by atoms with Gasteiger partial charge in [0, 0.05) is 30.4 Å². The van der Waals surface area contributed by atoms with Crippen molar-refractivity contribution in [3.05, 3.63) is 65.7 Å². The Labute approximate surface area is 193 Å². The third-order valence-corrected chi connectivity index (χ3v) is 6.64. The molecule has 1 unspecified atom stereocenters. The summed E-state index contributed by atoms with van der Waals surface area (Å²) in [5, 5.41) is 10.1. The number of hydrogen-bond donors (Lipinski definition) is 1. The molecule has 2 N–H and O–H groups in total. The second-order valence-corrected chi connectivity index (χ2v) is 8.84. The number of oxazole rings is 1. The maximum Gasteiger partial charge on any atom is 0.229 e. The lowest BCUT2D eigenvalue weighted by molar-refractivity contribution is 0.315. The molecule has 6 heteroatoms. The molecule has 0 amide bonds. The topological polar surface area (TPSA) is 82.3 Å². The van der Waals surface area contributed by atoms with Gasteiger partial charge >= 0.3 is 0 Å². The van der Waals surface area contributed by atoms with Crippen LogP contribution in [-0.2, 0) is 0 Å². The molecule has 3 aromatic carbocycles. The van der Waals surface area contributed by atoms with E-state index >= 15 is 0 Å². The Bertz CT molecular complexity index is 1370. The second-order valence-electron chi connectivity index (χ2n) is 8.84. The molecule has 0 saturated carbocycles. The number of hydrogen-bond acceptors (Lipinski definition) is 6. The van der Waals surface area contributed by atoms with Crippen molar-refractivity contribution in [2.45, 2.75) is 19.4 Å². The molecule has 4 aromatic rings. The van der Waals surface area contributed by atoms with Gasteiger partial charge in [0.15, 0.2) is 5.58 Å². The van der Waals surface area contributed by atoms with Crippen molar-refractivity contribution in [2.75, 3.05) is 37.8 Å². The monoisotopic (exact) mass is 437 g/mol. The highest BCUT2D eigenvalue weighted by Gasteiger charge is 2.32. The molecular formula is C27H27N5O. The zero-order chi connectivity index (χ0) is 23.1. The van der Waals surface area contributed by atoms with E-state index in [1.165, 1.54) is 0 Å². The van der Waals surface area contributed by atoms with E-state index in [-0.39, 0.29) is 0 Å². The first-order valence-corrected chi connectivity index (χ1v) is 11.2. The van der Waals surface area contributed by atoms with Crippen molar-refractivity contribution >= 4 is 22.5 Å². The predicted octanol–water partition coefficient (Wildman–Crippen LogP) is 5.06. The maximum atomic E-state index is 10.1. The summed E-state index contributed by atoms with van der Waals surface area (Å²) < 4.78 is 6.44. The predicted molar refractivity (Wildman–Crippen MR) is 133 cm³/mol. The van der Waals surface area contributed by atoms with E-state index in [1.54, 1.807) is 0 Å². The minimum atomic E-state index is 0.439. The summed E-state index contributed by atoms with van der Waals surface area (Å²) in [7, 11) is 4.24. The first kappa shape index (κ1) is 21.0. The van der Waals surface area contributed by atoms with Gasteiger partial charge < -0.3 is 20.0 Å². The largest absolute Gasteiger partial charge is 0.434 e. The molecule has 5 rings (SSSR count). The molecular weight excluding hydrogens is 410 g/mol. The Kier molecular flexibility index (Phi) is 5.27. The fraction of sp³-hybridized carbons (Fsp3) is 0.259. The van der Waals surface area contributed by atoms with E-state index in [0.717, 1.165) is 47.5 Å². The molecule has 2 heterocycles. The number of anilines is 2. The number of rotatable bonds is 4. The summed E-state index contributed by atoms with van der Waals surface area (Å²) in [5.41, 5.74) is 13.4. The lowest BCUT2D eigenvalue weighted by atomic mass is 9.93. The highest BCUT2D eigenvalue weighted by Crippen LogP contribution is 2.45. The summed E-state index contributed by atoms with van der Waals surface area (Å²) >= 11 is 0. The van der Waals surface area contributed by atoms with Crippen LogP contribution in [0.15, 0.2) is 59.0 Å². The molecule has 1 fully saturated rings. The van der Waals surface area contributed by atoms with E-state index in [4.69, 9.17) is 15.1 Å². The van der Waals surface area contributed by atoms with Crippen LogP contribution in [0.1, 0.15) is 17.5 Å². The van der Waals surface area contributed by atoms with Crippen LogP contribution in [0.2, 0.25) is 0 Å². The smallest absolute Gasteiger partial charge is 0.229 e. The zero-order valence-electron chi connectivity index (χ0n) is 19.2. The molecule has 0 bridgehead atoms. The SMILES string of the molecule is Cc1c(-c2ccccc2)c(N2CCC(N(C)C)C2)c2oc(-c3ccccc3N)nc2c1C#N. The van der Waals surface area contributed by atoms with Crippen LogP contribution in [0.25, 0.3) is 33.7 Å². The number of para-hydroxylation sites is 1. The molecule has 1 saturated heterocycles. The standard InChI is InChI=1S/C27H27N5O/c1-17-21(15-28)24-26(33-27(30-24)20-11-7-8-12-22(20)29)25(23(17)18-9-5-4-6-10-18)32-14-13-19(16-32)31(2)3/h4-12,19H,13-14,16,29H2,1-3H3. The lowest BCUT2D eigenvalue weighted by Crippen LogP contribution is -2.31. The Morgan fingerprint density at radius 3 is 2.52 bits per heavy atom. The van der Waals surface area contributed by atoms with Gasteiger partial charge in [-0.1, -0.05) is 42.5 Å². The van der Waals surface area contributed by atoms with Crippen molar-refractivity contribution in [3.63, 3.8) is 0 Å². The lowest BCUT2D eigenvalue weighted by Gasteiger charge is -2.25. The summed E-state index contributed by atoms with van der Waals surface area (Å²) in [6.07, 6.45) is 1.06. The van der Waals surface area contributed by atoms with Crippen molar-refractivity contribution in [1.29, 1.82) is 5.26 Å². The number of nitrogens with two attached hydrogens (primary N) is 1. The van der Waals surface area contributed by atoms with Crippen LogP contribution in [0.5, 0.6) is 0 Å². The van der Waals surface area contributed by atoms with Gasteiger partial charge in [-0.2, -0.15) is 5.26 Å². The number of fused-ring (bicyclic) bond motifs is 1. The average Bonchev–Trinajstić information content (AvgIpc) is 3.47. The minimum absolute atomic E-state index is 0.439. The molecule has 0 radical (unpaired) electrons. The first-order chi connectivity index (χ1) is 16.0. The van der Waals surface area contributed by atoms with Gasteiger partial charge in [0.2, 0.25) is 5.89 Å². The van der Waals surface area contributed by atoms with Crippen LogP contribution in [-0.4, -0.2) is 43.1 Å². The Morgan fingerprint density at radius 1 is 1.12 bits per heavy atom. The van der Waals surface area contributed by atoms with Gasteiger partial charge in [0.05, 0.1) is 16.8 Å². The molecule has 1 aromatic heterocycles. The van der Waals surface area contributed by atoms with E-state index < -0.39 is 0 Å². The third-order valence-electron chi connectivity index (χ3n) is 6.64. The Morgan fingerprint density at radius 2 is 1.85 bits per heavy atom. The fourth-order valence-corrected chi connectivity index (χ4v) is 4.81. The van der Waals surface area contributed by atoms with Crippen LogP contribution in [0, 0.1) is 18.3 Å². The van der Waals surface area contributed by atoms with Gasteiger partial charge in [-0.05, 0) is 50.7 Å². The minimum Gasteiger partial charge on any atom is -0.434 e. The number of nitriles is 1. The molecule has 1 atom stereocenters. The van der Waals surface area contributed by atoms with Crippen LogP contribution in [0.4, 0.5) is 11.4 Å². The molecule has 33 heavy (non-hydrogen) atoms. The molecule has 166 valence electrons. The van der Waals surface area contributed by atoms with E-state index in [0.29, 0.717) is 34.3 Å². The zero-order valence-corrected chi connectivity index (χ0v) is 19.2. The van der Waals surface area contributed by atoms with Crippen molar-refractivity contribution < 1.29 is 4.42 Å². The normalized spacial score (nSPS) is 16.0. The van der Waals surface area contributed by atoms with Gasteiger partial charge in [-0.15, -0.1) is 0 Å². The molecule has 1 aliphatic heterocycles. The second kappa shape index (κ2) is 8.27. The van der Waals surface area contributed by atoms with Crippen LogP contribution in [0.3, 0.4) is 0 Å². The quantitative estimate of drug-likeness (QED) is 0.449. The fourth-order valence-electron chi connectivity index (χ4n) is 4.81. The van der Waals surface area contributed by atoms with Gasteiger partial charge in [-0.3, -0.25) is 0 Å². The number of nitrogen functional groups attached to an aromatic ring is 1. The van der Waals surface area contributed by atoms with Crippen molar-refractivity contribution in [2.24, 2.45) is 0 Å². The molecule has 0 aliphatic carbocycles. The van der Waals surface area contributed by atoms with Crippen molar-refractivity contribution in [1.82, 2.24) is 9.88 Å². The number of likely N-dealkylation sites (N-methyl/N-ethyl adjacent to an activating group) is 1. The molecule has 6 nitrogen and oxygen atoms in total. The summed E-state index contributed by atoms with van der Waals surface area (Å²) in [6, 6.07) is 20.6. The van der Waals surface area contributed by atoms with Crippen LogP contribution < -0.4 is 10.6 Å². The van der Waals surface area contributed by atoms with Gasteiger partial charge in [0.1, 0.15) is 11.6 Å². The number of aromatic nitrogens is 1. The average molecular weight is 438 g/mol. The maximum absolute atomic E-state index is 10.1. The number of nitrogens with zero attached hydrogens (tertiary/aromatic N) is 4. The molecule has 1 aliphatic rings. The van der Waals surface area contributed by atoms with Gasteiger partial charge in [-0.25, -0.2) is 4.98 Å². The molecule has 0 spiro atoms. The summed E-state index contributed by atoms with van der Waals surface area (Å²) in [4.78, 5) is 9.44. The summed E-state index contributed by atoms with van der Waals surface area (Å²) in [6.45, 7) is 3.80. The third kappa shape index (κ3) is 3.51. The highest BCUT2D eigenvalue weighted by molar-refractivity contribution is 6.03.